The highest BCUT2D eigenvalue weighted by Gasteiger charge is 2.46. The first-order chi connectivity index (χ1) is 6.31. The monoisotopic (exact) mass is 196 g/mol. The Hall–Kier alpha value is -0.830. The fourth-order valence-corrected chi connectivity index (χ4v) is 2.21. The van der Waals surface area contributed by atoms with Gasteiger partial charge in [0.1, 0.15) is 17.5 Å². The maximum absolute atomic E-state index is 11.6. The molecule has 0 saturated carbocycles. The second-order valence-electron chi connectivity index (χ2n) is 5.18. The molecule has 78 valence electrons. The fourth-order valence-electron chi connectivity index (χ4n) is 2.21. The summed E-state index contributed by atoms with van der Waals surface area (Å²) in [5, 5.41) is 9.84. The predicted octanol–water partition coefficient (Wildman–Crippen LogP) is 1.41. The third-order valence-corrected chi connectivity index (χ3v) is 3.12. The molecule has 2 rings (SSSR count). The first-order valence-corrected chi connectivity index (χ1v) is 4.97. The van der Waals surface area contributed by atoms with Crippen molar-refractivity contribution >= 4 is 5.78 Å². The molecule has 0 aromatic rings. The van der Waals surface area contributed by atoms with Crippen molar-refractivity contribution in [2.24, 2.45) is 5.41 Å². The van der Waals surface area contributed by atoms with E-state index in [1.54, 1.807) is 6.92 Å². The van der Waals surface area contributed by atoms with Crippen molar-refractivity contribution in [3.8, 4) is 0 Å². The van der Waals surface area contributed by atoms with Crippen LogP contribution in [0.3, 0.4) is 0 Å². The van der Waals surface area contributed by atoms with Crippen molar-refractivity contribution in [2.45, 2.75) is 45.3 Å². The summed E-state index contributed by atoms with van der Waals surface area (Å²) in [5.74, 6) is 0.494. The molecule has 2 aliphatic rings. The molecule has 3 heteroatoms. The molecule has 1 fully saturated rings. The smallest absolute Gasteiger partial charge is 0.190 e. The van der Waals surface area contributed by atoms with E-state index in [0.29, 0.717) is 6.42 Å². The van der Waals surface area contributed by atoms with Gasteiger partial charge < -0.3 is 9.84 Å². The van der Waals surface area contributed by atoms with Gasteiger partial charge in [-0.3, -0.25) is 4.79 Å². The zero-order valence-corrected chi connectivity index (χ0v) is 8.83. The Balaban J connectivity index is 2.40. The third kappa shape index (κ3) is 1.36. The Bertz CT molecular complexity index is 310. The third-order valence-electron chi connectivity index (χ3n) is 3.12. The number of carbonyl (C=O) groups excluding carboxylic acids is 1. The second-order valence-corrected chi connectivity index (χ2v) is 5.18. The number of hydrogen-bond donors (Lipinski definition) is 1. The van der Waals surface area contributed by atoms with E-state index in [9.17, 15) is 9.90 Å². The molecule has 0 aromatic heterocycles. The lowest BCUT2D eigenvalue weighted by Crippen LogP contribution is -2.37. The molecule has 2 bridgehead atoms. The van der Waals surface area contributed by atoms with Gasteiger partial charge in [0, 0.05) is 17.9 Å². The summed E-state index contributed by atoms with van der Waals surface area (Å²) >= 11 is 0. The molecule has 2 atom stereocenters. The highest BCUT2D eigenvalue weighted by atomic mass is 16.5. The maximum atomic E-state index is 11.6. The lowest BCUT2D eigenvalue weighted by Gasteiger charge is -2.23. The Kier molecular flexibility index (Phi) is 1.80. The molecule has 2 aliphatic heterocycles. The van der Waals surface area contributed by atoms with Gasteiger partial charge in [0.2, 0.25) is 0 Å². The molecule has 3 nitrogen and oxygen atoms in total. The molecule has 0 spiro atoms. The van der Waals surface area contributed by atoms with Crippen LogP contribution >= 0.6 is 0 Å². The highest BCUT2D eigenvalue weighted by Crippen LogP contribution is 2.45. The van der Waals surface area contributed by atoms with Crippen molar-refractivity contribution in [3.63, 3.8) is 0 Å². The van der Waals surface area contributed by atoms with Crippen molar-refractivity contribution in [1.29, 1.82) is 0 Å². The molecule has 0 amide bonds. The van der Waals surface area contributed by atoms with E-state index < -0.39 is 5.60 Å². The molecule has 1 N–H and O–H groups in total. The maximum Gasteiger partial charge on any atom is 0.190 e. The van der Waals surface area contributed by atoms with Crippen molar-refractivity contribution in [2.75, 3.05) is 0 Å². The highest BCUT2D eigenvalue weighted by molar-refractivity contribution is 5.97. The van der Waals surface area contributed by atoms with Gasteiger partial charge in [0.05, 0.1) is 0 Å². The van der Waals surface area contributed by atoms with E-state index in [2.05, 4.69) is 13.8 Å². The zero-order valence-electron chi connectivity index (χ0n) is 8.83. The van der Waals surface area contributed by atoms with Crippen LogP contribution in [0.1, 0.15) is 33.6 Å². The van der Waals surface area contributed by atoms with Crippen molar-refractivity contribution in [3.05, 3.63) is 11.8 Å². The van der Waals surface area contributed by atoms with Gasteiger partial charge >= 0.3 is 0 Å². The molecule has 14 heavy (non-hydrogen) atoms. The van der Waals surface area contributed by atoms with Gasteiger partial charge in [-0.05, 0) is 13.3 Å². The average Bonchev–Trinajstić information content (AvgIpc) is 2.18. The van der Waals surface area contributed by atoms with Gasteiger partial charge in [0.15, 0.2) is 5.78 Å². The molecular weight excluding hydrogens is 180 g/mol. The van der Waals surface area contributed by atoms with Crippen LogP contribution in [0, 0.1) is 5.41 Å². The zero-order chi connectivity index (χ0) is 10.6. The SMILES string of the molecule is CC1(C)C[C@H]2C[C@](C)(O)C(=O)C=C1O2. The summed E-state index contributed by atoms with van der Waals surface area (Å²) in [4.78, 5) is 11.6. The Morgan fingerprint density at radius 3 is 2.71 bits per heavy atom. The van der Waals surface area contributed by atoms with E-state index in [0.717, 1.165) is 12.2 Å². The summed E-state index contributed by atoms with van der Waals surface area (Å²) in [7, 11) is 0. The summed E-state index contributed by atoms with van der Waals surface area (Å²) in [5.41, 5.74) is -1.31. The topological polar surface area (TPSA) is 46.5 Å². The standard InChI is InChI=1S/C11H16O3/c1-10(2)5-7-6-11(3,13)8(12)4-9(10)14-7/h4,7,13H,5-6H2,1-3H3/t7-,11-/m0/s1. The van der Waals surface area contributed by atoms with Crippen LogP contribution in [0.4, 0.5) is 0 Å². The van der Waals surface area contributed by atoms with Gasteiger partial charge in [-0.2, -0.15) is 0 Å². The van der Waals surface area contributed by atoms with E-state index >= 15 is 0 Å². The molecule has 0 unspecified atom stereocenters. The van der Waals surface area contributed by atoms with Gasteiger partial charge in [-0.15, -0.1) is 0 Å². The van der Waals surface area contributed by atoms with Crippen LogP contribution in [0.2, 0.25) is 0 Å². The van der Waals surface area contributed by atoms with E-state index in [4.69, 9.17) is 4.74 Å². The largest absolute Gasteiger partial charge is 0.494 e. The Morgan fingerprint density at radius 1 is 1.43 bits per heavy atom. The normalized spacial score (nSPS) is 40.1. The molecule has 1 saturated heterocycles. The fraction of sp³-hybridized carbons (Fsp3) is 0.727. The van der Waals surface area contributed by atoms with Crippen LogP contribution in [0.25, 0.3) is 0 Å². The van der Waals surface area contributed by atoms with Gasteiger partial charge in [-0.25, -0.2) is 0 Å². The first kappa shape index (κ1) is 9.71. The Labute approximate surface area is 83.8 Å². The van der Waals surface area contributed by atoms with Crippen LogP contribution in [0.15, 0.2) is 11.8 Å². The number of carbonyl (C=O) groups is 1. The average molecular weight is 196 g/mol. The second kappa shape index (κ2) is 2.60. The number of fused-ring (bicyclic) bond motifs is 2. The summed E-state index contributed by atoms with van der Waals surface area (Å²) in [6.07, 6.45) is 2.72. The predicted molar refractivity (Wildman–Crippen MR) is 51.6 cm³/mol. The van der Waals surface area contributed by atoms with Crippen LogP contribution in [0.5, 0.6) is 0 Å². The molecule has 0 aliphatic carbocycles. The minimum absolute atomic E-state index is 0.0160. The summed E-state index contributed by atoms with van der Waals surface area (Å²) in [6.45, 7) is 5.68. The molecule has 0 radical (unpaired) electrons. The van der Waals surface area contributed by atoms with Crippen molar-refractivity contribution < 1.29 is 14.6 Å². The number of ether oxygens (including phenoxy) is 1. The first-order valence-electron chi connectivity index (χ1n) is 4.97. The number of allylic oxidation sites excluding steroid dienone is 1. The van der Waals surface area contributed by atoms with E-state index in [1.165, 1.54) is 6.08 Å². The number of hydrogen-bond acceptors (Lipinski definition) is 3. The number of ketones is 1. The van der Waals surface area contributed by atoms with Gasteiger partial charge in [0.25, 0.3) is 0 Å². The molecule has 2 heterocycles. The van der Waals surface area contributed by atoms with E-state index in [-0.39, 0.29) is 17.3 Å². The minimum Gasteiger partial charge on any atom is -0.494 e. The van der Waals surface area contributed by atoms with Crippen molar-refractivity contribution in [1.82, 2.24) is 0 Å². The van der Waals surface area contributed by atoms with E-state index in [1.807, 2.05) is 0 Å². The lowest BCUT2D eigenvalue weighted by atomic mass is 9.80. The summed E-state index contributed by atoms with van der Waals surface area (Å²) in [6, 6.07) is 0. The van der Waals surface area contributed by atoms with Gasteiger partial charge in [-0.1, -0.05) is 13.8 Å². The number of aliphatic hydroxyl groups is 1. The quantitative estimate of drug-likeness (QED) is 0.637. The van der Waals surface area contributed by atoms with Crippen LogP contribution < -0.4 is 0 Å². The Morgan fingerprint density at radius 2 is 2.07 bits per heavy atom. The minimum atomic E-state index is -1.25. The van der Waals surface area contributed by atoms with Crippen LogP contribution in [-0.4, -0.2) is 22.6 Å². The number of rotatable bonds is 0. The van der Waals surface area contributed by atoms with Crippen LogP contribution in [-0.2, 0) is 9.53 Å². The molecular formula is C11H16O3. The summed E-state index contributed by atoms with van der Waals surface area (Å²) < 4.78 is 5.62. The lowest BCUT2D eigenvalue weighted by molar-refractivity contribution is -0.132. The molecule has 0 aromatic carbocycles.